The highest BCUT2D eigenvalue weighted by atomic mass is 16.5. The molecule has 0 aliphatic heterocycles. The number of rotatable bonds is 6. The Morgan fingerprint density at radius 1 is 1.38 bits per heavy atom. The molecule has 0 aromatic heterocycles. The van der Waals surface area contributed by atoms with Crippen LogP contribution < -0.4 is 10.6 Å². The normalized spacial score (nSPS) is 17.7. The minimum Gasteiger partial charge on any atom is -0.377 e. The molecule has 1 rings (SSSR count). The van der Waals surface area contributed by atoms with Crippen molar-refractivity contribution in [1.29, 1.82) is 0 Å². The van der Waals surface area contributed by atoms with Crippen molar-refractivity contribution in [3.63, 3.8) is 0 Å². The SMILES string of the molecule is COC(C)(C)CNC(=O)CNC1CCCC1. The summed E-state index contributed by atoms with van der Waals surface area (Å²) in [6.45, 7) is 4.88. The molecule has 0 aromatic carbocycles. The van der Waals surface area contributed by atoms with Crippen LogP contribution in [0.15, 0.2) is 0 Å². The van der Waals surface area contributed by atoms with Crippen LogP contribution in [0.4, 0.5) is 0 Å². The van der Waals surface area contributed by atoms with Crippen LogP contribution in [0.5, 0.6) is 0 Å². The van der Waals surface area contributed by atoms with Gasteiger partial charge in [0, 0.05) is 19.7 Å². The number of amides is 1. The Labute approximate surface area is 98.1 Å². The summed E-state index contributed by atoms with van der Waals surface area (Å²) in [6.07, 6.45) is 4.99. The van der Waals surface area contributed by atoms with Crippen LogP contribution >= 0.6 is 0 Å². The van der Waals surface area contributed by atoms with E-state index >= 15 is 0 Å². The van der Waals surface area contributed by atoms with Gasteiger partial charge in [0.25, 0.3) is 0 Å². The average Bonchev–Trinajstić information content (AvgIpc) is 2.76. The number of nitrogens with one attached hydrogen (secondary N) is 2. The number of hydrogen-bond acceptors (Lipinski definition) is 3. The highest BCUT2D eigenvalue weighted by molar-refractivity contribution is 5.78. The van der Waals surface area contributed by atoms with Crippen molar-refractivity contribution >= 4 is 5.91 Å². The summed E-state index contributed by atoms with van der Waals surface area (Å²) in [5.74, 6) is 0.0528. The first-order valence-electron chi connectivity index (χ1n) is 6.09. The van der Waals surface area contributed by atoms with Gasteiger partial charge in [0.05, 0.1) is 12.1 Å². The molecule has 0 atom stereocenters. The predicted octanol–water partition coefficient (Wildman–Crippen LogP) is 1.06. The molecule has 1 fully saturated rings. The summed E-state index contributed by atoms with van der Waals surface area (Å²) < 4.78 is 5.23. The van der Waals surface area contributed by atoms with E-state index in [9.17, 15) is 4.79 Å². The first kappa shape index (κ1) is 13.5. The maximum absolute atomic E-state index is 11.5. The Morgan fingerprint density at radius 3 is 2.56 bits per heavy atom. The Balaban J connectivity index is 2.10. The maximum atomic E-state index is 11.5. The summed E-state index contributed by atoms with van der Waals surface area (Å²) >= 11 is 0. The number of carbonyl (C=O) groups is 1. The lowest BCUT2D eigenvalue weighted by Gasteiger charge is -2.23. The van der Waals surface area contributed by atoms with Crippen molar-refractivity contribution in [2.75, 3.05) is 20.2 Å². The summed E-state index contributed by atoms with van der Waals surface area (Å²) in [5, 5.41) is 6.15. The van der Waals surface area contributed by atoms with Crippen LogP contribution in [0.25, 0.3) is 0 Å². The molecule has 0 saturated heterocycles. The standard InChI is InChI=1S/C12H24N2O2/c1-12(2,16-3)9-14-11(15)8-13-10-6-4-5-7-10/h10,13H,4-9H2,1-3H3,(H,14,15). The van der Waals surface area contributed by atoms with Gasteiger partial charge in [0.15, 0.2) is 0 Å². The third-order valence-electron chi connectivity index (χ3n) is 3.17. The Bertz CT molecular complexity index is 223. The smallest absolute Gasteiger partial charge is 0.234 e. The van der Waals surface area contributed by atoms with Gasteiger partial charge in [0.2, 0.25) is 5.91 Å². The lowest BCUT2D eigenvalue weighted by molar-refractivity contribution is -0.121. The first-order chi connectivity index (χ1) is 7.53. The molecular weight excluding hydrogens is 204 g/mol. The lowest BCUT2D eigenvalue weighted by Crippen LogP contribution is -2.44. The molecule has 0 heterocycles. The summed E-state index contributed by atoms with van der Waals surface area (Å²) in [5.41, 5.74) is -0.289. The van der Waals surface area contributed by atoms with Gasteiger partial charge < -0.3 is 15.4 Å². The van der Waals surface area contributed by atoms with Gasteiger partial charge in [-0.1, -0.05) is 12.8 Å². The van der Waals surface area contributed by atoms with Crippen molar-refractivity contribution < 1.29 is 9.53 Å². The molecule has 16 heavy (non-hydrogen) atoms. The van der Waals surface area contributed by atoms with E-state index in [0.29, 0.717) is 19.1 Å². The minimum absolute atomic E-state index is 0.0528. The minimum atomic E-state index is -0.289. The number of hydrogen-bond donors (Lipinski definition) is 2. The largest absolute Gasteiger partial charge is 0.377 e. The highest BCUT2D eigenvalue weighted by Crippen LogP contribution is 2.17. The van der Waals surface area contributed by atoms with E-state index in [-0.39, 0.29) is 11.5 Å². The van der Waals surface area contributed by atoms with Crippen molar-refractivity contribution in [1.82, 2.24) is 10.6 Å². The Morgan fingerprint density at radius 2 is 2.00 bits per heavy atom. The molecule has 0 spiro atoms. The second kappa shape index (κ2) is 6.21. The number of methoxy groups -OCH3 is 1. The van der Waals surface area contributed by atoms with E-state index in [1.807, 2.05) is 13.8 Å². The van der Waals surface area contributed by atoms with Crippen molar-refractivity contribution in [3.8, 4) is 0 Å². The molecule has 1 amide bonds. The van der Waals surface area contributed by atoms with E-state index in [4.69, 9.17) is 4.74 Å². The fourth-order valence-corrected chi connectivity index (χ4v) is 1.81. The molecule has 1 saturated carbocycles. The summed E-state index contributed by atoms with van der Waals surface area (Å²) in [4.78, 5) is 11.5. The molecule has 0 bridgehead atoms. The molecule has 1 aliphatic carbocycles. The molecule has 0 aromatic rings. The predicted molar refractivity (Wildman–Crippen MR) is 64.4 cm³/mol. The van der Waals surface area contributed by atoms with Crippen molar-refractivity contribution in [2.24, 2.45) is 0 Å². The van der Waals surface area contributed by atoms with Crippen LogP contribution in [0.3, 0.4) is 0 Å². The Hall–Kier alpha value is -0.610. The van der Waals surface area contributed by atoms with Crippen LogP contribution in [-0.4, -0.2) is 37.7 Å². The van der Waals surface area contributed by atoms with Gasteiger partial charge in [0.1, 0.15) is 0 Å². The van der Waals surface area contributed by atoms with Gasteiger partial charge in [-0.2, -0.15) is 0 Å². The van der Waals surface area contributed by atoms with Gasteiger partial charge in [-0.15, -0.1) is 0 Å². The van der Waals surface area contributed by atoms with Crippen molar-refractivity contribution in [3.05, 3.63) is 0 Å². The quantitative estimate of drug-likeness (QED) is 0.714. The second-order valence-corrected chi connectivity index (χ2v) is 5.10. The Kier molecular flexibility index (Phi) is 5.22. The molecular formula is C12H24N2O2. The van der Waals surface area contributed by atoms with Crippen LogP contribution in [-0.2, 0) is 9.53 Å². The fraction of sp³-hybridized carbons (Fsp3) is 0.917. The third kappa shape index (κ3) is 4.94. The fourth-order valence-electron chi connectivity index (χ4n) is 1.81. The highest BCUT2D eigenvalue weighted by Gasteiger charge is 2.18. The molecule has 1 aliphatic rings. The van der Waals surface area contributed by atoms with E-state index in [0.717, 1.165) is 0 Å². The van der Waals surface area contributed by atoms with Gasteiger partial charge in [-0.3, -0.25) is 4.79 Å². The maximum Gasteiger partial charge on any atom is 0.234 e. The van der Waals surface area contributed by atoms with Crippen LogP contribution in [0.2, 0.25) is 0 Å². The van der Waals surface area contributed by atoms with Crippen molar-refractivity contribution in [2.45, 2.75) is 51.2 Å². The topological polar surface area (TPSA) is 50.4 Å². The van der Waals surface area contributed by atoms with Crippen LogP contribution in [0, 0.1) is 0 Å². The molecule has 2 N–H and O–H groups in total. The zero-order chi connectivity index (χ0) is 12.0. The third-order valence-corrected chi connectivity index (χ3v) is 3.17. The average molecular weight is 228 g/mol. The molecule has 94 valence electrons. The van der Waals surface area contributed by atoms with E-state index in [1.54, 1.807) is 7.11 Å². The lowest BCUT2D eigenvalue weighted by atomic mass is 10.1. The number of ether oxygens (including phenoxy) is 1. The second-order valence-electron chi connectivity index (χ2n) is 5.10. The summed E-state index contributed by atoms with van der Waals surface area (Å²) in [7, 11) is 1.66. The van der Waals surface area contributed by atoms with Gasteiger partial charge in [-0.25, -0.2) is 0 Å². The van der Waals surface area contributed by atoms with Gasteiger partial charge >= 0.3 is 0 Å². The zero-order valence-electron chi connectivity index (χ0n) is 10.6. The molecule has 0 unspecified atom stereocenters. The van der Waals surface area contributed by atoms with E-state index < -0.39 is 0 Å². The van der Waals surface area contributed by atoms with Gasteiger partial charge in [-0.05, 0) is 26.7 Å². The summed E-state index contributed by atoms with van der Waals surface area (Å²) in [6, 6.07) is 0.543. The number of carbonyl (C=O) groups excluding carboxylic acids is 1. The molecule has 4 heteroatoms. The zero-order valence-corrected chi connectivity index (χ0v) is 10.6. The molecule has 4 nitrogen and oxygen atoms in total. The molecule has 0 radical (unpaired) electrons. The van der Waals surface area contributed by atoms with E-state index in [2.05, 4.69) is 10.6 Å². The van der Waals surface area contributed by atoms with E-state index in [1.165, 1.54) is 25.7 Å². The van der Waals surface area contributed by atoms with Crippen LogP contribution in [0.1, 0.15) is 39.5 Å². The monoisotopic (exact) mass is 228 g/mol. The first-order valence-corrected chi connectivity index (χ1v) is 6.09.